The third-order valence-corrected chi connectivity index (χ3v) is 33.7. The monoisotopic (exact) mass is 1760 g/mol. The van der Waals surface area contributed by atoms with E-state index < -0.39 is 39.0 Å². The van der Waals surface area contributed by atoms with Gasteiger partial charge >= 0.3 is 35.8 Å². The van der Waals surface area contributed by atoms with Gasteiger partial charge in [0, 0.05) is 39.2 Å². The first kappa shape index (κ1) is 98.7. The average molecular weight is 1770 g/mol. The number of carboxylic acids is 2. The van der Waals surface area contributed by atoms with E-state index >= 15 is 0 Å². The van der Waals surface area contributed by atoms with Gasteiger partial charge in [-0.3, -0.25) is 38.5 Å². The molecule has 2 amide bonds. The smallest absolute Gasteiger partial charge is 0.328 e. The molecule has 123 heavy (non-hydrogen) atoms. The van der Waals surface area contributed by atoms with Gasteiger partial charge in [0.25, 0.3) is 6.47 Å². The van der Waals surface area contributed by atoms with Gasteiger partial charge in [-0.1, -0.05) is 132 Å². The number of amides is 2. The molecule has 4 N–H and O–H groups in total. The maximum atomic E-state index is 13.6. The van der Waals surface area contributed by atoms with E-state index in [-0.39, 0.29) is 77.8 Å². The zero-order chi connectivity index (χ0) is 89.6. The number of hydrogen-bond acceptors (Lipinski definition) is 18. The highest BCUT2D eigenvalue weighted by Gasteiger charge is 2.64. The molecule has 0 aromatic heterocycles. The van der Waals surface area contributed by atoms with Crippen LogP contribution in [0.25, 0.3) is 12.2 Å². The van der Waals surface area contributed by atoms with E-state index in [0.29, 0.717) is 89.7 Å². The van der Waals surface area contributed by atoms with Crippen molar-refractivity contribution in [2.24, 2.45) is 140 Å². The lowest BCUT2D eigenvalue weighted by atomic mass is 9.44. The fourth-order valence-electron chi connectivity index (χ4n) is 27.6. The SMILES string of the molecule is C=O.C=O.CC(C)CCCC(C)C1CCC2C3CCC4CC(OC5CCC6C(=O)N(c7ccc(C=CC(=O)O)cc7)C(=O)C6C5)CCC4(C)C3CCC12C.CC(C)CCCC(C)C1CCC2C3CCC4CC(OC5CCC6C(=O)OC(=O)C6C5)CCC4(C)C3CCC12C.Nc1ccc(C=CC(=O)O)cc1.O=COC1CCC2C(=O)OC(=O)C2C1.O=S(Cl)Cl. The number of halogens is 2. The van der Waals surface area contributed by atoms with Crippen LogP contribution < -0.4 is 10.6 Å². The van der Waals surface area contributed by atoms with E-state index in [2.05, 4.69) is 95.3 Å². The van der Waals surface area contributed by atoms with Crippen molar-refractivity contribution < 1.29 is 90.8 Å². The summed E-state index contributed by atoms with van der Waals surface area (Å²) in [7, 11) is 7.36. The van der Waals surface area contributed by atoms with E-state index in [9.17, 15) is 43.2 Å². The second-order valence-corrected chi connectivity index (χ2v) is 43.4. The first-order valence-corrected chi connectivity index (χ1v) is 49.3. The highest BCUT2D eigenvalue weighted by Crippen LogP contribution is 2.71. The number of nitrogens with two attached hydrogens (primary N) is 1. The molecule has 0 spiro atoms. The van der Waals surface area contributed by atoms with Crippen LogP contribution in [0, 0.1) is 140 Å². The molecule has 3 saturated heterocycles. The van der Waals surface area contributed by atoms with Crippen molar-refractivity contribution in [2.45, 2.75) is 312 Å². The molecule has 27 atom stereocenters. The van der Waals surface area contributed by atoms with Gasteiger partial charge in [-0.2, -0.15) is 0 Å². The predicted molar refractivity (Wildman–Crippen MR) is 476 cm³/mol. The summed E-state index contributed by atoms with van der Waals surface area (Å²) >= 11 is 0. The number of rotatable bonds is 21. The van der Waals surface area contributed by atoms with Gasteiger partial charge in [0.15, 0.2) is 0 Å². The summed E-state index contributed by atoms with van der Waals surface area (Å²) in [4.78, 5) is 122. The van der Waals surface area contributed by atoms with Crippen LogP contribution in [0.1, 0.15) is 292 Å². The normalized spacial score (nSPS) is 37.2. The second kappa shape index (κ2) is 44.0. The lowest BCUT2D eigenvalue weighted by Crippen LogP contribution is -2.54. The van der Waals surface area contributed by atoms with Crippen LogP contribution in [0.5, 0.6) is 0 Å². The van der Waals surface area contributed by atoms with Gasteiger partial charge < -0.3 is 49.2 Å². The van der Waals surface area contributed by atoms with E-state index in [1.54, 1.807) is 48.5 Å². The van der Waals surface area contributed by atoms with Crippen LogP contribution in [-0.4, -0.2) is 113 Å². The van der Waals surface area contributed by atoms with Crippen molar-refractivity contribution in [3.63, 3.8) is 0 Å². The highest BCUT2D eigenvalue weighted by molar-refractivity contribution is 8.26. The fraction of sp³-hybridized carbons (Fsp3) is 0.727. The number of ether oxygens (including phenoxy) is 5. The van der Waals surface area contributed by atoms with Crippen LogP contribution >= 0.6 is 21.4 Å². The predicted octanol–water partition coefficient (Wildman–Crippen LogP) is 20.4. The number of nitrogen functional groups attached to an aromatic ring is 1. The maximum absolute atomic E-state index is 13.6. The van der Waals surface area contributed by atoms with Crippen molar-refractivity contribution in [3.05, 3.63) is 71.8 Å². The Morgan fingerprint density at radius 2 is 0.829 bits per heavy atom. The Morgan fingerprint density at radius 3 is 1.24 bits per heavy atom. The zero-order valence-corrected chi connectivity index (χ0v) is 77.0. The minimum Gasteiger partial charge on any atom is -0.478 e. The molecule has 14 aliphatic rings. The Hall–Kier alpha value is -6.46. The van der Waals surface area contributed by atoms with Crippen LogP contribution in [0.3, 0.4) is 0 Å². The van der Waals surface area contributed by atoms with E-state index in [1.165, 1.54) is 158 Å². The quantitative estimate of drug-likeness (QED) is 0.0153. The number of carbonyl (C=O) groups is 11. The van der Waals surface area contributed by atoms with Crippen LogP contribution in [-0.2, 0) is 85.7 Å². The first-order chi connectivity index (χ1) is 58.6. The van der Waals surface area contributed by atoms with Gasteiger partial charge in [0.2, 0.25) is 21.0 Å². The summed E-state index contributed by atoms with van der Waals surface area (Å²) in [5.74, 6) is 6.77. The molecule has 27 unspecified atom stereocenters. The van der Waals surface area contributed by atoms with Gasteiger partial charge in [-0.15, -0.1) is 0 Å². The largest absolute Gasteiger partial charge is 0.478 e. The number of imide groups is 1. The summed E-state index contributed by atoms with van der Waals surface area (Å²) in [5, 5.41) is 17.2. The number of benzene rings is 2. The first-order valence-electron chi connectivity index (χ1n) is 46.5. The van der Waals surface area contributed by atoms with E-state index in [1.807, 2.05) is 13.6 Å². The van der Waals surface area contributed by atoms with Gasteiger partial charge in [-0.05, 0) is 325 Å². The Bertz CT molecular complexity index is 4020. The number of nitrogens with zero attached hydrogens (tertiary/aromatic N) is 1. The second-order valence-electron chi connectivity index (χ2n) is 40.9. The topological polar surface area (TPSA) is 321 Å². The van der Waals surface area contributed by atoms with E-state index in [0.717, 1.165) is 133 Å². The van der Waals surface area contributed by atoms with Crippen LogP contribution in [0.4, 0.5) is 11.4 Å². The number of fused-ring (bicyclic) bond motifs is 13. The molecule has 2 aromatic carbocycles. The minimum absolute atomic E-state index is 0.0375. The summed E-state index contributed by atoms with van der Waals surface area (Å²) in [6.45, 7) is 29.8. The van der Waals surface area contributed by atoms with Crippen molar-refractivity contribution in [1.29, 1.82) is 0 Å². The molecular formula is C99H142Cl2N2O19S. The molecule has 21 nitrogen and oxygen atoms in total. The molecule has 24 heteroatoms. The Labute approximate surface area is 742 Å². The molecule has 11 aliphatic carbocycles. The lowest BCUT2D eigenvalue weighted by molar-refractivity contribution is -0.156. The van der Waals surface area contributed by atoms with Crippen molar-refractivity contribution in [3.8, 4) is 0 Å². The lowest BCUT2D eigenvalue weighted by Gasteiger charge is -2.61. The number of esters is 4. The molecule has 11 saturated carbocycles. The maximum Gasteiger partial charge on any atom is 0.328 e. The molecular weight excluding hydrogens is 1620 g/mol. The molecule has 14 fully saturated rings. The number of carbonyl (C=O) groups excluding carboxylic acids is 9. The van der Waals surface area contributed by atoms with Crippen LogP contribution in [0.2, 0.25) is 0 Å². The van der Waals surface area contributed by atoms with Crippen LogP contribution in [0.15, 0.2) is 60.7 Å². The van der Waals surface area contributed by atoms with Gasteiger partial charge in [0.05, 0.1) is 65.6 Å². The molecule has 682 valence electrons. The standard InChI is InChI=1S/C44H63NO5.C35H56O4.C9H9NO2.C9H10O5.2CH2O.Cl2OS/c1-27(2)7-6-8-28(3)37-18-19-38-35-16-12-30-25-33(21-23-43(30,4)39(35)22-24-44(37,38)5)50-32-15-17-34-36(26-32)42(49)45(41(34)48)31-13-9-29(10-14-31)11-20-40(46)47;1-21(2)7-6-8-22(3)29-13-14-30-27-11-9-23-19-25(15-17-34(23,4)31(27)16-18-35(29,30)5)38-24-10-12-26-28(20-24)33(37)39-32(26)36;10-8-4-1-7(2-5-8)3-6-9(11)12;10-4-13-5-1-2-6-7(3-5)9(12)14-8(6)11;2*1-2;1-4(2)3/h9-11,13-14,20,27-28,30,32-39H,6-8,12,15-19,21-26H2,1-5H3,(H,46,47);21-31H,6-20H2,1-5H3;1-6H,10H2,(H,11,12);4-7H,1-3H2;2*1H2;. The summed E-state index contributed by atoms with van der Waals surface area (Å²) in [5.41, 5.74) is 10.2. The van der Waals surface area contributed by atoms with Crippen molar-refractivity contribution >= 4 is 122 Å². The number of aliphatic carboxylic acids is 2. The molecule has 3 heterocycles. The van der Waals surface area contributed by atoms with Crippen molar-refractivity contribution in [1.82, 2.24) is 0 Å². The Morgan fingerprint density at radius 1 is 0.472 bits per heavy atom. The number of cyclic esters (lactones) is 4. The molecule has 0 bridgehead atoms. The number of carboxylic acid groups (broad SMARTS) is 2. The van der Waals surface area contributed by atoms with Crippen molar-refractivity contribution in [2.75, 3.05) is 10.6 Å². The van der Waals surface area contributed by atoms with Gasteiger partial charge in [-0.25, -0.2) is 13.8 Å². The Kier molecular flexibility index (Phi) is 35.3. The third-order valence-electron chi connectivity index (χ3n) is 33.7. The summed E-state index contributed by atoms with van der Waals surface area (Å²) < 4.78 is 36.9. The molecule has 0 radical (unpaired) electrons. The fourth-order valence-corrected chi connectivity index (χ4v) is 27.6. The number of anilines is 2. The zero-order valence-electron chi connectivity index (χ0n) is 74.7. The minimum atomic E-state index is -1.67. The summed E-state index contributed by atoms with van der Waals surface area (Å²) in [6.07, 6.45) is 44.6. The number of hydrogen-bond donors (Lipinski definition) is 3. The highest BCUT2D eigenvalue weighted by atomic mass is 36.0. The molecule has 16 rings (SSSR count). The van der Waals surface area contributed by atoms with Gasteiger partial charge in [0.1, 0.15) is 19.7 Å². The van der Waals surface area contributed by atoms with E-state index in [4.69, 9.17) is 48.7 Å². The molecule has 2 aromatic rings. The average Bonchev–Trinajstić information content (AvgIpc) is 1.70. The summed E-state index contributed by atoms with van der Waals surface area (Å²) in [6, 6.07) is 13.9. The molecule has 3 aliphatic heterocycles. The third kappa shape index (κ3) is 23.2. The Balaban J connectivity index is 0.000000189.